The molecule has 1 aromatic carbocycles. The van der Waals surface area contributed by atoms with Crippen LogP contribution in [0.25, 0.3) is 0 Å². The van der Waals surface area contributed by atoms with Crippen molar-refractivity contribution in [3.63, 3.8) is 0 Å². The van der Waals surface area contributed by atoms with E-state index in [0.717, 1.165) is 10.9 Å². The van der Waals surface area contributed by atoms with Gasteiger partial charge in [-0.1, -0.05) is 12.1 Å². The number of sulfonamides is 1. The highest BCUT2D eigenvalue weighted by molar-refractivity contribution is 7.89. The molecule has 0 aliphatic rings. The van der Waals surface area contributed by atoms with Crippen molar-refractivity contribution in [3.05, 3.63) is 46.4 Å². The van der Waals surface area contributed by atoms with Crippen molar-refractivity contribution in [3.8, 4) is 0 Å². The summed E-state index contributed by atoms with van der Waals surface area (Å²) in [4.78, 5) is 0.855. The van der Waals surface area contributed by atoms with E-state index in [1.807, 2.05) is 17.5 Å². The Morgan fingerprint density at radius 3 is 2.74 bits per heavy atom. The molecule has 0 unspecified atom stereocenters. The summed E-state index contributed by atoms with van der Waals surface area (Å²) < 4.78 is 39.6. The zero-order valence-electron chi connectivity index (χ0n) is 9.97. The molecule has 3 N–H and O–H groups in total. The molecule has 1 aromatic heterocycles. The second-order valence-electron chi connectivity index (χ2n) is 3.88. The molecule has 102 valence electrons. The van der Waals surface area contributed by atoms with Crippen LogP contribution in [0.2, 0.25) is 0 Å². The van der Waals surface area contributed by atoms with Crippen LogP contribution in [-0.4, -0.2) is 15.0 Å². The summed E-state index contributed by atoms with van der Waals surface area (Å²) in [5.41, 5.74) is 5.09. The molecule has 0 aliphatic heterocycles. The van der Waals surface area contributed by atoms with E-state index in [4.69, 9.17) is 5.73 Å². The number of hydrogen-bond donors (Lipinski definition) is 2. The van der Waals surface area contributed by atoms with Gasteiger partial charge in [-0.15, -0.1) is 11.3 Å². The molecule has 4 nitrogen and oxygen atoms in total. The lowest BCUT2D eigenvalue weighted by atomic mass is 10.3. The van der Waals surface area contributed by atoms with Gasteiger partial charge in [0.25, 0.3) is 0 Å². The average molecular weight is 300 g/mol. The van der Waals surface area contributed by atoms with Crippen LogP contribution in [0.5, 0.6) is 0 Å². The number of nitrogens with two attached hydrogens (primary N) is 1. The van der Waals surface area contributed by atoms with Crippen molar-refractivity contribution in [1.82, 2.24) is 4.72 Å². The molecular weight excluding hydrogens is 287 g/mol. The lowest BCUT2D eigenvalue weighted by Gasteiger charge is -2.09. The third kappa shape index (κ3) is 3.31. The summed E-state index contributed by atoms with van der Waals surface area (Å²) >= 11 is 1.56. The minimum atomic E-state index is -3.78. The van der Waals surface area contributed by atoms with Crippen molar-refractivity contribution < 1.29 is 12.8 Å². The van der Waals surface area contributed by atoms with Gasteiger partial charge in [0, 0.05) is 11.4 Å². The normalized spacial score (nSPS) is 11.6. The molecule has 19 heavy (non-hydrogen) atoms. The van der Waals surface area contributed by atoms with Gasteiger partial charge in [-0.05, 0) is 30.0 Å². The Labute approximate surface area is 115 Å². The van der Waals surface area contributed by atoms with Crippen LogP contribution in [0.3, 0.4) is 0 Å². The largest absolute Gasteiger partial charge is 0.395 e. The van der Waals surface area contributed by atoms with Gasteiger partial charge in [0.05, 0.1) is 5.69 Å². The van der Waals surface area contributed by atoms with Gasteiger partial charge >= 0.3 is 0 Å². The fraction of sp³-hybridized carbons (Fsp3) is 0.167. The molecule has 2 rings (SSSR count). The molecule has 0 fully saturated rings. The van der Waals surface area contributed by atoms with Crippen LogP contribution in [-0.2, 0) is 16.4 Å². The van der Waals surface area contributed by atoms with E-state index in [9.17, 15) is 12.8 Å². The zero-order valence-corrected chi connectivity index (χ0v) is 11.6. The Morgan fingerprint density at radius 1 is 1.26 bits per heavy atom. The number of benzene rings is 1. The third-order valence-corrected chi connectivity index (χ3v) is 5.00. The molecule has 0 saturated heterocycles. The second-order valence-corrected chi connectivity index (χ2v) is 6.65. The van der Waals surface area contributed by atoms with Crippen LogP contribution < -0.4 is 10.5 Å². The number of rotatable bonds is 5. The monoisotopic (exact) mass is 300 g/mol. The molecule has 7 heteroatoms. The number of anilines is 1. The van der Waals surface area contributed by atoms with E-state index in [2.05, 4.69) is 4.72 Å². The minimum absolute atomic E-state index is 0.223. The fourth-order valence-electron chi connectivity index (χ4n) is 1.59. The van der Waals surface area contributed by atoms with Gasteiger partial charge in [-0.3, -0.25) is 0 Å². The standard InChI is InChI=1S/C12H13FN2O2S2/c13-10-4-1-5-11(12(10)14)19(16,17)15-7-6-9-3-2-8-18-9/h1-5,8,15H,6-7,14H2. The van der Waals surface area contributed by atoms with Crippen molar-refractivity contribution in [2.45, 2.75) is 11.3 Å². The number of para-hydroxylation sites is 1. The maximum Gasteiger partial charge on any atom is 0.242 e. The first-order chi connectivity index (χ1) is 9.00. The average Bonchev–Trinajstić information content (AvgIpc) is 2.85. The highest BCUT2D eigenvalue weighted by atomic mass is 32.2. The number of hydrogen-bond acceptors (Lipinski definition) is 4. The van der Waals surface area contributed by atoms with E-state index in [0.29, 0.717) is 6.42 Å². The van der Waals surface area contributed by atoms with E-state index in [1.165, 1.54) is 12.1 Å². The highest BCUT2D eigenvalue weighted by Crippen LogP contribution is 2.20. The number of halogens is 1. The molecule has 1 heterocycles. The van der Waals surface area contributed by atoms with Gasteiger partial charge in [0.1, 0.15) is 10.7 Å². The fourth-order valence-corrected chi connectivity index (χ4v) is 3.47. The first-order valence-corrected chi connectivity index (χ1v) is 7.93. The van der Waals surface area contributed by atoms with Crippen LogP contribution in [0.1, 0.15) is 4.88 Å². The van der Waals surface area contributed by atoms with Gasteiger partial charge in [-0.2, -0.15) is 0 Å². The predicted octanol–water partition coefficient (Wildman–Crippen LogP) is 1.99. The summed E-state index contributed by atoms with van der Waals surface area (Å²) in [7, 11) is -3.78. The number of nitrogen functional groups attached to an aromatic ring is 1. The van der Waals surface area contributed by atoms with E-state index >= 15 is 0 Å². The SMILES string of the molecule is Nc1c(F)cccc1S(=O)(=O)NCCc1cccs1. The van der Waals surface area contributed by atoms with Crippen molar-refractivity contribution >= 4 is 27.0 Å². The summed E-state index contributed by atoms with van der Waals surface area (Å²) in [6.07, 6.45) is 0.589. The van der Waals surface area contributed by atoms with Crippen LogP contribution >= 0.6 is 11.3 Å². The number of nitrogens with one attached hydrogen (secondary N) is 1. The molecule has 0 radical (unpaired) electrons. The van der Waals surface area contributed by atoms with Crippen LogP contribution in [0.15, 0.2) is 40.6 Å². The Bertz CT molecular complexity index is 654. The van der Waals surface area contributed by atoms with Crippen LogP contribution in [0, 0.1) is 5.82 Å². The number of thiophene rings is 1. The van der Waals surface area contributed by atoms with E-state index < -0.39 is 15.8 Å². The van der Waals surface area contributed by atoms with Crippen molar-refractivity contribution in [2.75, 3.05) is 12.3 Å². The maximum atomic E-state index is 13.2. The first-order valence-electron chi connectivity index (χ1n) is 5.57. The summed E-state index contributed by atoms with van der Waals surface area (Å²) in [5.74, 6) is -0.735. The molecule has 0 saturated carbocycles. The highest BCUT2D eigenvalue weighted by Gasteiger charge is 2.18. The quantitative estimate of drug-likeness (QED) is 0.830. The van der Waals surface area contributed by atoms with Crippen molar-refractivity contribution in [1.29, 1.82) is 0 Å². The van der Waals surface area contributed by atoms with E-state index in [-0.39, 0.29) is 17.1 Å². The van der Waals surface area contributed by atoms with Crippen LogP contribution in [0.4, 0.5) is 10.1 Å². The summed E-state index contributed by atoms with van der Waals surface area (Å²) in [6, 6.07) is 7.56. The Morgan fingerprint density at radius 2 is 2.05 bits per heavy atom. The second kappa shape index (κ2) is 5.68. The van der Waals surface area contributed by atoms with Gasteiger partial charge in [0.2, 0.25) is 10.0 Å². The first kappa shape index (κ1) is 14.0. The van der Waals surface area contributed by atoms with Gasteiger partial charge in [-0.25, -0.2) is 17.5 Å². The van der Waals surface area contributed by atoms with Crippen molar-refractivity contribution in [2.24, 2.45) is 0 Å². The van der Waals surface area contributed by atoms with Gasteiger partial charge < -0.3 is 5.73 Å². The minimum Gasteiger partial charge on any atom is -0.395 e. The Kier molecular flexibility index (Phi) is 4.18. The molecule has 0 atom stereocenters. The lowest BCUT2D eigenvalue weighted by molar-refractivity contribution is 0.579. The maximum absolute atomic E-state index is 13.2. The van der Waals surface area contributed by atoms with E-state index in [1.54, 1.807) is 11.3 Å². The topological polar surface area (TPSA) is 72.2 Å². The summed E-state index contributed by atoms with van der Waals surface area (Å²) in [6.45, 7) is 0.249. The molecule has 0 spiro atoms. The summed E-state index contributed by atoms with van der Waals surface area (Å²) in [5, 5.41) is 1.92. The molecular formula is C12H13FN2O2S2. The molecule has 2 aromatic rings. The lowest BCUT2D eigenvalue weighted by Crippen LogP contribution is -2.26. The molecule has 0 bridgehead atoms. The predicted molar refractivity (Wildman–Crippen MR) is 74.0 cm³/mol. The third-order valence-electron chi connectivity index (χ3n) is 2.55. The zero-order chi connectivity index (χ0) is 13.9. The Hall–Kier alpha value is -1.44. The Balaban J connectivity index is 2.08. The van der Waals surface area contributed by atoms with Gasteiger partial charge in [0.15, 0.2) is 0 Å². The molecule has 0 aliphatic carbocycles. The smallest absolute Gasteiger partial charge is 0.242 e. The molecule has 0 amide bonds.